The maximum atomic E-state index is 12.7. The number of methoxy groups -OCH3 is 4. The van der Waals surface area contributed by atoms with Crippen LogP contribution in [0.2, 0.25) is 0 Å². The summed E-state index contributed by atoms with van der Waals surface area (Å²) in [5.74, 6) is 3.18. The van der Waals surface area contributed by atoms with Crippen LogP contribution < -0.4 is 28.4 Å². The molecule has 0 bridgehead atoms. The van der Waals surface area contributed by atoms with Gasteiger partial charge in [-0.2, -0.15) is 5.10 Å². The zero-order valence-corrected chi connectivity index (χ0v) is 27.6. The highest BCUT2D eigenvalue weighted by atomic mass is 32.1. The van der Waals surface area contributed by atoms with Crippen molar-refractivity contribution >= 4 is 33.2 Å². The van der Waals surface area contributed by atoms with Crippen LogP contribution in [0.25, 0.3) is 20.8 Å². The van der Waals surface area contributed by atoms with E-state index in [1.165, 1.54) is 11.9 Å². The Kier molecular flexibility index (Phi) is 9.44. The lowest BCUT2D eigenvalue weighted by molar-refractivity contribution is -0.130. The molecule has 1 unspecified atom stereocenters. The standard InChI is InChI=1S/C36H35N3O7S/c1-22(40)39-29(21-28(38-39)25-19-32(42-3)35(44-5)33(20-25)43-4)24-12-15-30(41-2)31(18-24)46-17-16-45-26-13-10-23(11-14-26)36-37-27-8-6-7-9-34(27)47-36/h6-15,18-20,29H,16-17,21H2,1-5H3. The van der Waals surface area contributed by atoms with Crippen LogP contribution >= 0.6 is 11.3 Å². The van der Waals surface area contributed by atoms with E-state index in [9.17, 15) is 4.79 Å². The summed E-state index contributed by atoms with van der Waals surface area (Å²) in [7, 11) is 6.27. The normalized spacial score (nSPS) is 14.1. The van der Waals surface area contributed by atoms with E-state index in [4.69, 9.17) is 38.5 Å². The highest BCUT2D eigenvalue weighted by molar-refractivity contribution is 7.21. The number of carbonyl (C=O) groups is 1. The second-order valence-corrected chi connectivity index (χ2v) is 11.7. The maximum absolute atomic E-state index is 12.7. The first kappa shape index (κ1) is 31.7. The first-order valence-corrected chi connectivity index (χ1v) is 15.8. The van der Waals surface area contributed by atoms with E-state index >= 15 is 0 Å². The van der Waals surface area contributed by atoms with Crippen molar-refractivity contribution in [1.82, 2.24) is 9.99 Å². The summed E-state index contributed by atoms with van der Waals surface area (Å²) in [6, 6.07) is 25.0. The van der Waals surface area contributed by atoms with Crippen LogP contribution in [-0.4, -0.2) is 63.3 Å². The molecule has 1 amide bonds. The molecule has 47 heavy (non-hydrogen) atoms. The fraction of sp³-hybridized carbons (Fsp3) is 0.250. The summed E-state index contributed by atoms with van der Waals surface area (Å²) in [6.45, 7) is 2.11. The number of hydrogen-bond donors (Lipinski definition) is 0. The van der Waals surface area contributed by atoms with Crippen molar-refractivity contribution in [3.8, 4) is 45.1 Å². The Morgan fingerprint density at radius 2 is 1.49 bits per heavy atom. The molecule has 0 fully saturated rings. The molecule has 2 heterocycles. The minimum Gasteiger partial charge on any atom is -0.493 e. The van der Waals surface area contributed by atoms with Gasteiger partial charge in [0.15, 0.2) is 23.0 Å². The first-order valence-electron chi connectivity index (χ1n) is 15.0. The van der Waals surface area contributed by atoms with E-state index in [1.807, 2.05) is 72.8 Å². The van der Waals surface area contributed by atoms with Gasteiger partial charge in [-0.1, -0.05) is 18.2 Å². The van der Waals surface area contributed by atoms with Crippen LogP contribution in [0, 0.1) is 0 Å². The molecule has 6 rings (SSSR count). The van der Waals surface area contributed by atoms with Crippen molar-refractivity contribution in [2.45, 2.75) is 19.4 Å². The summed E-state index contributed by atoms with van der Waals surface area (Å²) in [5, 5.41) is 7.16. The monoisotopic (exact) mass is 653 g/mol. The van der Waals surface area contributed by atoms with E-state index < -0.39 is 0 Å². The number of nitrogens with zero attached hydrogens (tertiary/aromatic N) is 3. The number of fused-ring (bicyclic) bond motifs is 1. The van der Waals surface area contributed by atoms with Crippen molar-refractivity contribution < 1.29 is 33.2 Å². The summed E-state index contributed by atoms with van der Waals surface area (Å²) in [4.78, 5) is 17.5. The minimum absolute atomic E-state index is 0.182. The van der Waals surface area contributed by atoms with E-state index in [-0.39, 0.29) is 18.6 Å². The number of benzene rings is 4. The molecule has 0 spiro atoms. The van der Waals surface area contributed by atoms with Gasteiger partial charge < -0.3 is 28.4 Å². The first-order chi connectivity index (χ1) is 22.9. The van der Waals surface area contributed by atoms with Crippen LogP contribution in [0.15, 0.2) is 84.0 Å². The fourth-order valence-corrected chi connectivity index (χ4v) is 6.47. The SMILES string of the molecule is COc1ccc(C2CC(c3cc(OC)c(OC)c(OC)c3)=NN2C(C)=O)cc1OCCOc1ccc(-c2nc3ccccc3s2)cc1. The molecule has 5 aromatic rings. The molecule has 1 aliphatic rings. The molecule has 1 atom stereocenters. The van der Waals surface area contributed by atoms with Crippen molar-refractivity contribution in [1.29, 1.82) is 0 Å². The largest absolute Gasteiger partial charge is 0.493 e. The number of thiazole rings is 1. The van der Waals surface area contributed by atoms with Gasteiger partial charge in [-0.15, -0.1) is 11.3 Å². The van der Waals surface area contributed by atoms with Crippen molar-refractivity contribution in [3.05, 3.63) is 90.0 Å². The number of amides is 1. The Morgan fingerprint density at radius 1 is 0.787 bits per heavy atom. The highest BCUT2D eigenvalue weighted by Crippen LogP contribution is 2.42. The van der Waals surface area contributed by atoms with Gasteiger partial charge in [-0.25, -0.2) is 9.99 Å². The van der Waals surface area contributed by atoms with Crippen molar-refractivity contribution in [2.24, 2.45) is 5.10 Å². The van der Waals surface area contributed by atoms with Gasteiger partial charge in [-0.05, 0) is 66.2 Å². The topological polar surface area (TPSA) is 101 Å². The van der Waals surface area contributed by atoms with Gasteiger partial charge in [0.05, 0.1) is 50.4 Å². The molecule has 0 saturated carbocycles. The minimum atomic E-state index is -0.347. The molecule has 0 aliphatic carbocycles. The smallest absolute Gasteiger partial charge is 0.240 e. The second-order valence-electron chi connectivity index (χ2n) is 10.7. The van der Waals surface area contributed by atoms with Gasteiger partial charge >= 0.3 is 0 Å². The Bertz CT molecular complexity index is 1860. The zero-order valence-electron chi connectivity index (χ0n) is 26.8. The molecule has 1 aromatic heterocycles. The van der Waals surface area contributed by atoms with E-state index in [0.29, 0.717) is 47.5 Å². The summed E-state index contributed by atoms with van der Waals surface area (Å²) < 4.78 is 35.3. The third kappa shape index (κ3) is 6.66. The van der Waals surface area contributed by atoms with E-state index in [0.717, 1.165) is 37.7 Å². The number of aromatic nitrogens is 1. The molecule has 11 heteroatoms. The number of hydrogen-bond acceptors (Lipinski definition) is 10. The summed E-state index contributed by atoms with van der Waals surface area (Å²) >= 11 is 1.67. The zero-order chi connectivity index (χ0) is 32.9. The third-order valence-corrected chi connectivity index (χ3v) is 8.89. The van der Waals surface area contributed by atoms with Gasteiger partial charge in [0, 0.05) is 24.5 Å². The molecule has 242 valence electrons. The van der Waals surface area contributed by atoms with Crippen molar-refractivity contribution in [3.63, 3.8) is 0 Å². The van der Waals surface area contributed by atoms with Crippen LogP contribution in [0.5, 0.6) is 34.5 Å². The van der Waals surface area contributed by atoms with E-state index in [1.54, 1.807) is 39.8 Å². The Morgan fingerprint density at radius 3 is 2.15 bits per heavy atom. The molecule has 0 N–H and O–H groups in total. The molecule has 1 aliphatic heterocycles. The van der Waals surface area contributed by atoms with Crippen molar-refractivity contribution in [2.75, 3.05) is 41.7 Å². The number of rotatable bonds is 12. The number of carbonyl (C=O) groups excluding carboxylic acids is 1. The Hall–Kier alpha value is -5.29. The predicted molar refractivity (Wildman–Crippen MR) is 182 cm³/mol. The van der Waals surface area contributed by atoms with Crippen LogP contribution in [0.1, 0.15) is 30.5 Å². The molecule has 0 radical (unpaired) electrons. The Labute approximate surface area is 277 Å². The van der Waals surface area contributed by atoms with Crippen LogP contribution in [0.4, 0.5) is 0 Å². The molecule has 10 nitrogen and oxygen atoms in total. The fourth-order valence-electron chi connectivity index (χ4n) is 5.50. The van der Waals surface area contributed by atoms with Gasteiger partial charge in [-0.3, -0.25) is 4.79 Å². The average molecular weight is 654 g/mol. The maximum Gasteiger partial charge on any atom is 0.240 e. The number of ether oxygens (including phenoxy) is 6. The van der Waals surface area contributed by atoms with Gasteiger partial charge in [0.1, 0.15) is 24.0 Å². The Balaban J connectivity index is 1.13. The number of para-hydroxylation sites is 1. The lowest BCUT2D eigenvalue weighted by Gasteiger charge is -2.22. The van der Waals surface area contributed by atoms with Crippen LogP contribution in [-0.2, 0) is 4.79 Å². The number of hydrazone groups is 1. The van der Waals surface area contributed by atoms with E-state index in [2.05, 4.69) is 6.07 Å². The predicted octanol–water partition coefficient (Wildman–Crippen LogP) is 7.15. The highest BCUT2D eigenvalue weighted by Gasteiger charge is 2.33. The van der Waals surface area contributed by atoms with Gasteiger partial charge in [0.25, 0.3) is 0 Å². The lowest BCUT2D eigenvalue weighted by atomic mass is 9.97. The molecule has 0 saturated heterocycles. The average Bonchev–Trinajstić information content (AvgIpc) is 3.75. The second kappa shape index (κ2) is 14.0. The summed E-state index contributed by atoms with van der Waals surface area (Å²) in [5.41, 5.74) is 4.38. The van der Waals surface area contributed by atoms with Gasteiger partial charge in [0.2, 0.25) is 11.7 Å². The lowest BCUT2D eigenvalue weighted by Crippen LogP contribution is -2.24. The molecular weight excluding hydrogens is 618 g/mol. The third-order valence-electron chi connectivity index (χ3n) is 7.81. The molecular formula is C36H35N3O7S. The molecule has 4 aromatic carbocycles. The summed E-state index contributed by atoms with van der Waals surface area (Å²) in [6.07, 6.45) is 0.472. The quantitative estimate of drug-likeness (QED) is 0.131. The van der Waals surface area contributed by atoms with Crippen LogP contribution in [0.3, 0.4) is 0 Å².